The molecule has 0 bridgehead atoms. The number of ether oxygens (including phenoxy) is 1. The summed E-state index contributed by atoms with van der Waals surface area (Å²) in [5, 5.41) is 7.02. The first kappa shape index (κ1) is 20.6. The number of aromatic nitrogens is 2. The van der Waals surface area contributed by atoms with Gasteiger partial charge in [-0.3, -0.25) is 4.79 Å². The quantitative estimate of drug-likeness (QED) is 0.654. The van der Waals surface area contributed by atoms with E-state index in [9.17, 15) is 4.79 Å². The third-order valence-electron chi connectivity index (χ3n) is 4.22. The molecule has 0 unspecified atom stereocenters. The molecular weight excluding hydrogens is 366 g/mol. The lowest BCUT2D eigenvalue weighted by Crippen LogP contribution is -2.23. The Hall–Kier alpha value is -3.15. The van der Waals surface area contributed by atoms with Crippen molar-refractivity contribution in [1.29, 1.82) is 0 Å². The van der Waals surface area contributed by atoms with E-state index in [-0.39, 0.29) is 17.4 Å². The molecule has 1 aromatic heterocycles. The SMILES string of the molecule is CC(C)Oc1cccc(CNC(=O)c2ccccc2-c2nc(C(C)(C)C)no2)c1. The fourth-order valence-corrected chi connectivity index (χ4v) is 2.78. The lowest BCUT2D eigenvalue weighted by atomic mass is 9.96. The van der Waals surface area contributed by atoms with Crippen LogP contribution in [0.15, 0.2) is 53.1 Å². The van der Waals surface area contributed by atoms with Crippen molar-refractivity contribution in [3.05, 3.63) is 65.5 Å². The summed E-state index contributed by atoms with van der Waals surface area (Å²) in [5.74, 6) is 1.52. The molecular formula is C23H27N3O3. The van der Waals surface area contributed by atoms with Gasteiger partial charge < -0.3 is 14.6 Å². The molecule has 6 nitrogen and oxygen atoms in total. The first-order chi connectivity index (χ1) is 13.7. The van der Waals surface area contributed by atoms with Crippen molar-refractivity contribution < 1.29 is 14.1 Å². The summed E-state index contributed by atoms with van der Waals surface area (Å²) in [6.07, 6.45) is 0.0964. The van der Waals surface area contributed by atoms with Gasteiger partial charge >= 0.3 is 0 Å². The Kier molecular flexibility index (Phi) is 6.01. The van der Waals surface area contributed by atoms with E-state index in [4.69, 9.17) is 9.26 Å². The molecule has 0 atom stereocenters. The second kappa shape index (κ2) is 8.47. The van der Waals surface area contributed by atoms with Crippen molar-refractivity contribution in [2.45, 2.75) is 52.7 Å². The fraction of sp³-hybridized carbons (Fsp3) is 0.348. The molecule has 3 rings (SSSR count). The van der Waals surface area contributed by atoms with E-state index >= 15 is 0 Å². The molecule has 0 radical (unpaired) electrons. The molecule has 0 aliphatic heterocycles. The second-order valence-electron chi connectivity index (χ2n) is 8.22. The monoisotopic (exact) mass is 393 g/mol. The van der Waals surface area contributed by atoms with Crippen LogP contribution < -0.4 is 10.1 Å². The van der Waals surface area contributed by atoms with Crippen molar-refractivity contribution in [1.82, 2.24) is 15.5 Å². The summed E-state index contributed by atoms with van der Waals surface area (Å²) in [6, 6.07) is 14.9. The smallest absolute Gasteiger partial charge is 0.258 e. The van der Waals surface area contributed by atoms with Crippen LogP contribution in [0.4, 0.5) is 0 Å². The molecule has 0 aliphatic carbocycles. The standard InChI is InChI=1S/C23H27N3O3/c1-15(2)28-17-10-8-9-16(13-17)14-24-20(27)18-11-6-7-12-19(18)21-25-22(26-29-21)23(3,4)5/h6-13,15H,14H2,1-5H3,(H,24,27). The minimum absolute atomic E-state index is 0.0964. The maximum Gasteiger partial charge on any atom is 0.258 e. The van der Waals surface area contributed by atoms with Gasteiger partial charge in [0, 0.05) is 12.0 Å². The number of carbonyl (C=O) groups is 1. The van der Waals surface area contributed by atoms with E-state index in [1.807, 2.05) is 77.1 Å². The third-order valence-corrected chi connectivity index (χ3v) is 4.22. The zero-order valence-electron chi connectivity index (χ0n) is 17.5. The molecule has 2 aromatic carbocycles. The lowest BCUT2D eigenvalue weighted by Gasteiger charge is -2.12. The molecule has 29 heavy (non-hydrogen) atoms. The molecule has 3 aromatic rings. The first-order valence-electron chi connectivity index (χ1n) is 9.71. The maximum absolute atomic E-state index is 12.8. The van der Waals surface area contributed by atoms with Crippen LogP contribution >= 0.6 is 0 Å². The van der Waals surface area contributed by atoms with E-state index in [1.54, 1.807) is 6.07 Å². The van der Waals surface area contributed by atoms with Crippen LogP contribution in [0.2, 0.25) is 0 Å². The van der Waals surface area contributed by atoms with Crippen LogP contribution in [-0.2, 0) is 12.0 Å². The Bertz CT molecular complexity index is 987. The van der Waals surface area contributed by atoms with Gasteiger partial charge in [0.25, 0.3) is 11.8 Å². The summed E-state index contributed by atoms with van der Waals surface area (Å²) >= 11 is 0. The van der Waals surface area contributed by atoms with Gasteiger partial charge in [-0.25, -0.2) is 0 Å². The zero-order valence-corrected chi connectivity index (χ0v) is 17.5. The number of benzene rings is 2. The topological polar surface area (TPSA) is 77.2 Å². The van der Waals surface area contributed by atoms with Crippen molar-refractivity contribution in [2.24, 2.45) is 0 Å². The predicted octanol–water partition coefficient (Wildman–Crippen LogP) is 4.75. The average Bonchev–Trinajstić information content (AvgIpc) is 3.16. The van der Waals surface area contributed by atoms with Gasteiger partial charge in [-0.05, 0) is 43.7 Å². The number of amides is 1. The fourth-order valence-electron chi connectivity index (χ4n) is 2.78. The molecule has 0 spiro atoms. The summed E-state index contributed by atoms with van der Waals surface area (Å²) < 4.78 is 11.1. The summed E-state index contributed by atoms with van der Waals surface area (Å²) in [4.78, 5) is 17.3. The summed E-state index contributed by atoms with van der Waals surface area (Å²) in [5.41, 5.74) is 1.83. The Morgan fingerprint density at radius 2 is 1.90 bits per heavy atom. The van der Waals surface area contributed by atoms with E-state index in [1.165, 1.54) is 0 Å². The number of nitrogens with zero attached hydrogens (tertiary/aromatic N) is 2. The van der Waals surface area contributed by atoms with E-state index < -0.39 is 0 Å². The lowest BCUT2D eigenvalue weighted by molar-refractivity contribution is 0.0951. The van der Waals surface area contributed by atoms with Gasteiger partial charge in [0.05, 0.1) is 17.2 Å². The molecule has 0 saturated heterocycles. The molecule has 1 amide bonds. The van der Waals surface area contributed by atoms with Gasteiger partial charge in [0.1, 0.15) is 5.75 Å². The number of hydrogen-bond donors (Lipinski definition) is 1. The molecule has 1 heterocycles. The molecule has 0 fully saturated rings. The Morgan fingerprint density at radius 3 is 2.59 bits per heavy atom. The number of carbonyl (C=O) groups excluding carboxylic acids is 1. The predicted molar refractivity (Wildman–Crippen MR) is 112 cm³/mol. The highest BCUT2D eigenvalue weighted by Gasteiger charge is 2.23. The van der Waals surface area contributed by atoms with Crippen LogP contribution in [-0.4, -0.2) is 22.2 Å². The van der Waals surface area contributed by atoms with Crippen LogP contribution in [0.5, 0.6) is 5.75 Å². The highest BCUT2D eigenvalue weighted by molar-refractivity contribution is 5.99. The molecule has 0 saturated carbocycles. The van der Waals surface area contributed by atoms with Gasteiger partial charge in [0.2, 0.25) is 0 Å². The maximum atomic E-state index is 12.8. The second-order valence-corrected chi connectivity index (χ2v) is 8.22. The largest absolute Gasteiger partial charge is 0.491 e. The van der Waals surface area contributed by atoms with Crippen molar-refractivity contribution in [3.63, 3.8) is 0 Å². The third kappa shape index (κ3) is 5.22. The Morgan fingerprint density at radius 1 is 1.14 bits per heavy atom. The minimum Gasteiger partial charge on any atom is -0.491 e. The van der Waals surface area contributed by atoms with Gasteiger partial charge in [-0.2, -0.15) is 4.98 Å². The van der Waals surface area contributed by atoms with Crippen LogP contribution in [0, 0.1) is 0 Å². The van der Waals surface area contributed by atoms with Crippen LogP contribution in [0.25, 0.3) is 11.5 Å². The van der Waals surface area contributed by atoms with Crippen molar-refractivity contribution in [3.8, 4) is 17.2 Å². The Labute approximate surface area is 171 Å². The van der Waals surface area contributed by atoms with E-state index in [2.05, 4.69) is 15.5 Å². The highest BCUT2D eigenvalue weighted by Crippen LogP contribution is 2.26. The molecule has 152 valence electrons. The van der Waals surface area contributed by atoms with Crippen LogP contribution in [0.3, 0.4) is 0 Å². The number of hydrogen-bond acceptors (Lipinski definition) is 5. The van der Waals surface area contributed by atoms with Crippen molar-refractivity contribution in [2.75, 3.05) is 0 Å². The molecule has 6 heteroatoms. The number of nitrogens with one attached hydrogen (secondary N) is 1. The van der Waals surface area contributed by atoms with Crippen molar-refractivity contribution >= 4 is 5.91 Å². The summed E-state index contributed by atoms with van der Waals surface area (Å²) in [7, 11) is 0. The van der Waals surface area contributed by atoms with E-state index in [0.717, 1.165) is 11.3 Å². The number of rotatable bonds is 6. The van der Waals surface area contributed by atoms with Gasteiger partial charge in [-0.15, -0.1) is 0 Å². The first-order valence-corrected chi connectivity index (χ1v) is 9.71. The highest BCUT2D eigenvalue weighted by atomic mass is 16.5. The minimum atomic E-state index is -0.234. The van der Waals surface area contributed by atoms with Gasteiger partial charge in [-0.1, -0.05) is 50.2 Å². The van der Waals surface area contributed by atoms with E-state index in [0.29, 0.717) is 29.4 Å². The van der Waals surface area contributed by atoms with Crippen LogP contribution in [0.1, 0.15) is 56.4 Å². The normalized spacial score (nSPS) is 11.5. The average molecular weight is 393 g/mol. The Balaban J connectivity index is 1.76. The van der Waals surface area contributed by atoms with Gasteiger partial charge in [0.15, 0.2) is 5.82 Å². The summed E-state index contributed by atoms with van der Waals surface area (Å²) in [6.45, 7) is 10.4. The molecule has 0 aliphatic rings. The zero-order chi connectivity index (χ0) is 21.0. The molecule has 1 N–H and O–H groups in total.